The summed E-state index contributed by atoms with van der Waals surface area (Å²) in [5, 5.41) is 11.4. The van der Waals surface area contributed by atoms with Gasteiger partial charge in [0.2, 0.25) is 0 Å². The van der Waals surface area contributed by atoms with Gasteiger partial charge >= 0.3 is 0 Å². The summed E-state index contributed by atoms with van der Waals surface area (Å²) in [4.78, 5) is 12.2. The molecular weight excluding hydrogens is 218 g/mol. The highest BCUT2D eigenvalue weighted by molar-refractivity contribution is 5.38. The molecule has 90 valence electrons. The number of rotatable bonds is 2. The lowest BCUT2D eigenvalue weighted by Gasteiger charge is -2.10. The van der Waals surface area contributed by atoms with Crippen LogP contribution in [0, 0.1) is 0 Å². The third-order valence-electron chi connectivity index (χ3n) is 3.35. The van der Waals surface area contributed by atoms with Gasteiger partial charge in [0.25, 0.3) is 5.56 Å². The second-order valence-electron chi connectivity index (χ2n) is 4.42. The Kier molecular flexibility index (Phi) is 2.42. The van der Waals surface area contributed by atoms with Crippen molar-refractivity contribution < 1.29 is 9.84 Å². The molecule has 4 heteroatoms. The summed E-state index contributed by atoms with van der Waals surface area (Å²) >= 11 is 0. The van der Waals surface area contributed by atoms with Crippen LogP contribution in [0.4, 0.5) is 0 Å². The Balaban J connectivity index is 2.31. The van der Waals surface area contributed by atoms with Crippen molar-refractivity contribution in [3.05, 3.63) is 32.6 Å². The molecule has 1 aliphatic carbocycles. The van der Waals surface area contributed by atoms with Crippen molar-refractivity contribution in [3.63, 3.8) is 0 Å². The van der Waals surface area contributed by atoms with Crippen molar-refractivity contribution in [2.75, 3.05) is 0 Å². The van der Waals surface area contributed by atoms with Gasteiger partial charge in [-0.25, -0.2) is 0 Å². The Bertz CT molecular complexity index is 629. The number of hydrogen-bond donors (Lipinski definition) is 1. The molecule has 1 aromatic rings. The van der Waals surface area contributed by atoms with Crippen LogP contribution in [0.5, 0.6) is 0 Å². The zero-order chi connectivity index (χ0) is 12.0. The molecule has 17 heavy (non-hydrogen) atoms. The lowest BCUT2D eigenvalue weighted by molar-refractivity contribution is 0.156. The molecule has 4 nitrogen and oxygen atoms in total. The summed E-state index contributed by atoms with van der Waals surface area (Å²) in [6.45, 7) is 2.60. The molecule has 2 atom stereocenters. The maximum atomic E-state index is 12.2. The van der Waals surface area contributed by atoms with Gasteiger partial charge in [0.1, 0.15) is 6.10 Å². The number of epoxide rings is 1. The van der Waals surface area contributed by atoms with E-state index in [9.17, 15) is 9.90 Å². The second kappa shape index (κ2) is 3.82. The fourth-order valence-corrected chi connectivity index (χ4v) is 2.42. The zero-order valence-corrected chi connectivity index (χ0v) is 9.72. The molecule has 1 aromatic heterocycles. The topological polar surface area (TPSA) is 54.8 Å². The number of aromatic nitrogens is 1. The van der Waals surface area contributed by atoms with E-state index in [1.807, 2.05) is 13.0 Å². The molecular formula is C13H15NO3. The van der Waals surface area contributed by atoms with Crippen molar-refractivity contribution in [2.45, 2.75) is 38.7 Å². The molecule has 0 radical (unpaired) electrons. The number of nitrogens with zero attached hydrogens (tertiary/aromatic N) is 1. The molecule has 1 N–H and O–H groups in total. The fourth-order valence-electron chi connectivity index (χ4n) is 2.42. The molecule has 0 amide bonds. The van der Waals surface area contributed by atoms with Gasteiger partial charge in [0.15, 0.2) is 6.29 Å². The van der Waals surface area contributed by atoms with E-state index in [2.05, 4.69) is 12.2 Å². The number of fused-ring (bicyclic) bond motifs is 1. The summed E-state index contributed by atoms with van der Waals surface area (Å²) in [7, 11) is 0. The highest BCUT2D eigenvalue weighted by Crippen LogP contribution is 2.33. The minimum absolute atomic E-state index is 0.0423. The molecule has 2 heterocycles. The number of hydrogen-bond acceptors (Lipinski definition) is 3. The molecule has 0 bridgehead atoms. The highest BCUT2D eigenvalue weighted by Gasteiger charge is 2.40. The maximum Gasteiger partial charge on any atom is 0.257 e. The van der Waals surface area contributed by atoms with Crippen LogP contribution in [-0.4, -0.2) is 16.0 Å². The van der Waals surface area contributed by atoms with Crippen LogP contribution in [0.2, 0.25) is 0 Å². The number of pyridine rings is 1. The first-order valence-electron chi connectivity index (χ1n) is 6.00. The molecule has 2 aliphatic rings. The molecule has 0 saturated carbocycles. The van der Waals surface area contributed by atoms with Crippen LogP contribution in [0.25, 0.3) is 12.2 Å². The highest BCUT2D eigenvalue weighted by atomic mass is 16.7. The Morgan fingerprint density at radius 1 is 1.47 bits per heavy atom. The van der Waals surface area contributed by atoms with E-state index < -0.39 is 12.4 Å². The van der Waals surface area contributed by atoms with Crippen LogP contribution >= 0.6 is 0 Å². The van der Waals surface area contributed by atoms with Crippen molar-refractivity contribution in [3.8, 4) is 0 Å². The largest absolute Gasteiger partial charge is 0.366 e. The first-order chi connectivity index (χ1) is 8.22. The lowest BCUT2D eigenvalue weighted by atomic mass is 10.1. The van der Waals surface area contributed by atoms with Gasteiger partial charge in [-0.15, -0.1) is 0 Å². The van der Waals surface area contributed by atoms with Gasteiger partial charge in [-0.05, 0) is 31.1 Å². The van der Waals surface area contributed by atoms with Gasteiger partial charge < -0.3 is 14.4 Å². The van der Waals surface area contributed by atoms with E-state index >= 15 is 0 Å². The first-order valence-corrected chi connectivity index (χ1v) is 6.00. The third-order valence-corrected chi connectivity index (χ3v) is 3.35. The lowest BCUT2D eigenvalue weighted by Crippen LogP contribution is -2.45. The van der Waals surface area contributed by atoms with Crippen LogP contribution in [0.3, 0.4) is 0 Å². The van der Waals surface area contributed by atoms with Crippen LogP contribution in [-0.2, 0) is 11.3 Å². The average Bonchev–Trinajstić information content (AvgIpc) is 3.05. The fraction of sp³-hybridized carbons (Fsp3) is 0.462. The molecule has 0 spiro atoms. The van der Waals surface area contributed by atoms with Crippen molar-refractivity contribution in [1.82, 2.24) is 4.57 Å². The minimum atomic E-state index is -0.807. The zero-order valence-electron chi connectivity index (χ0n) is 9.72. The monoisotopic (exact) mass is 233 g/mol. The van der Waals surface area contributed by atoms with E-state index in [0.717, 1.165) is 23.4 Å². The molecule has 3 rings (SSSR count). The van der Waals surface area contributed by atoms with Gasteiger partial charge in [-0.3, -0.25) is 4.79 Å². The smallest absolute Gasteiger partial charge is 0.257 e. The van der Waals surface area contributed by atoms with E-state index in [1.54, 1.807) is 4.57 Å². The molecule has 1 aliphatic heterocycles. The average molecular weight is 233 g/mol. The Morgan fingerprint density at radius 2 is 2.18 bits per heavy atom. The Labute approximate surface area is 98.5 Å². The summed E-state index contributed by atoms with van der Waals surface area (Å²) in [5.41, 5.74) is 0.531. The Morgan fingerprint density at radius 3 is 2.82 bits per heavy atom. The normalized spacial score (nSPS) is 25.8. The minimum Gasteiger partial charge on any atom is -0.366 e. The standard InChI is InChI=1S/C13H15NO3/c1-2-14-10-6-4-3-5-8(10)7-9(12(14)15)11-13(16)17-11/h5-7,11,13,16H,2-4H2,1H3. The van der Waals surface area contributed by atoms with Crippen molar-refractivity contribution >= 4 is 12.2 Å². The van der Waals surface area contributed by atoms with Crippen molar-refractivity contribution in [1.29, 1.82) is 0 Å². The Hall–Kier alpha value is -1.39. The summed E-state index contributed by atoms with van der Waals surface area (Å²) in [5.74, 6) is 0. The summed E-state index contributed by atoms with van der Waals surface area (Å²) < 4.78 is 6.75. The van der Waals surface area contributed by atoms with Crippen molar-refractivity contribution in [2.24, 2.45) is 0 Å². The SMILES string of the molecule is CCn1c(=O)c(C2OC2O)cc2c1=CCCC=2. The quantitative estimate of drug-likeness (QED) is 0.708. The first kappa shape index (κ1) is 10.7. The second-order valence-corrected chi connectivity index (χ2v) is 4.42. The van der Waals surface area contributed by atoms with Crippen LogP contribution in [0.15, 0.2) is 10.9 Å². The van der Waals surface area contributed by atoms with Gasteiger partial charge in [0.05, 0.1) is 5.56 Å². The number of aliphatic hydroxyl groups excluding tert-OH is 1. The summed E-state index contributed by atoms with van der Waals surface area (Å²) in [6.07, 6.45) is 4.99. The van der Waals surface area contributed by atoms with Gasteiger partial charge in [-0.2, -0.15) is 0 Å². The van der Waals surface area contributed by atoms with E-state index in [1.165, 1.54) is 0 Å². The molecule has 0 aromatic carbocycles. The molecule has 1 fully saturated rings. The molecule has 2 unspecified atom stereocenters. The molecule has 1 saturated heterocycles. The van der Waals surface area contributed by atoms with Gasteiger partial charge in [0, 0.05) is 11.9 Å². The predicted octanol–water partition coefficient (Wildman–Crippen LogP) is -0.387. The summed E-state index contributed by atoms with van der Waals surface area (Å²) in [6, 6.07) is 1.86. The number of ether oxygens (including phenoxy) is 1. The third kappa shape index (κ3) is 1.64. The van der Waals surface area contributed by atoms with Gasteiger partial charge in [-0.1, -0.05) is 12.2 Å². The predicted molar refractivity (Wildman–Crippen MR) is 63.6 cm³/mol. The van der Waals surface area contributed by atoms with Crippen LogP contribution < -0.4 is 16.1 Å². The van der Waals surface area contributed by atoms with Crippen LogP contribution in [0.1, 0.15) is 31.4 Å². The maximum absolute atomic E-state index is 12.2. The number of aliphatic hydroxyl groups is 1. The van der Waals surface area contributed by atoms with E-state index in [-0.39, 0.29) is 5.56 Å². The van der Waals surface area contributed by atoms with E-state index in [4.69, 9.17) is 4.74 Å². The van der Waals surface area contributed by atoms with E-state index in [0.29, 0.717) is 12.1 Å².